The lowest BCUT2D eigenvalue weighted by molar-refractivity contribution is -0.137. The molecule has 0 saturated heterocycles. The first-order valence-electron chi connectivity index (χ1n) is 6.77. The highest BCUT2D eigenvalue weighted by molar-refractivity contribution is 6.30. The Kier molecular flexibility index (Phi) is 5.23. The fourth-order valence-corrected chi connectivity index (χ4v) is 2.22. The normalized spacial score (nSPS) is 11.8. The molecule has 0 aliphatic rings. The van der Waals surface area contributed by atoms with Crippen molar-refractivity contribution in [1.82, 2.24) is 4.90 Å². The van der Waals surface area contributed by atoms with E-state index in [1.165, 1.54) is 0 Å². The van der Waals surface area contributed by atoms with E-state index in [1.807, 2.05) is 30.3 Å². The van der Waals surface area contributed by atoms with Crippen LogP contribution in [0.5, 0.6) is 5.75 Å². The summed E-state index contributed by atoms with van der Waals surface area (Å²) in [6.07, 6.45) is -0.558. The van der Waals surface area contributed by atoms with Gasteiger partial charge in [-0.15, -0.1) is 0 Å². The lowest BCUT2D eigenvalue weighted by Gasteiger charge is -2.22. The second-order valence-electron chi connectivity index (χ2n) is 4.90. The number of halogens is 1. The molecule has 110 valence electrons. The first-order chi connectivity index (χ1) is 10.1. The van der Waals surface area contributed by atoms with E-state index in [4.69, 9.17) is 16.3 Å². The summed E-state index contributed by atoms with van der Waals surface area (Å²) in [7, 11) is 1.77. The van der Waals surface area contributed by atoms with Gasteiger partial charge in [0.15, 0.2) is 6.10 Å². The van der Waals surface area contributed by atoms with Crippen LogP contribution < -0.4 is 4.74 Å². The Labute approximate surface area is 130 Å². The van der Waals surface area contributed by atoms with Crippen molar-refractivity contribution in [3.8, 4) is 5.75 Å². The van der Waals surface area contributed by atoms with Crippen molar-refractivity contribution in [3.63, 3.8) is 0 Å². The van der Waals surface area contributed by atoms with Crippen molar-refractivity contribution < 1.29 is 9.53 Å². The lowest BCUT2D eigenvalue weighted by atomic mass is 10.2. The Morgan fingerprint density at radius 3 is 2.57 bits per heavy atom. The molecule has 0 fully saturated rings. The number of hydrogen-bond acceptors (Lipinski definition) is 2. The molecule has 0 radical (unpaired) electrons. The first-order valence-corrected chi connectivity index (χ1v) is 7.15. The minimum Gasteiger partial charge on any atom is -0.481 e. The minimum absolute atomic E-state index is 0.0705. The Morgan fingerprint density at radius 2 is 1.90 bits per heavy atom. The predicted molar refractivity (Wildman–Crippen MR) is 84.5 cm³/mol. The zero-order valence-electron chi connectivity index (χ0n) is 12.1. The summed E-state index contributed by atoms with van der Waals surface area (Å²) in [4.78, 5) is 14.0. The van der Waals surface area contributed by atoms with Crippen LogP contribution in [0.4, 0.5) is 0 Å². The summed E-state index contributed by atoms with van der Waals surface area (Å²) in [5, 5.41) is 0.588. The molecule has 2 aromatic carbocycles. The molecule has 21 heavy (non-hydrogen) atoms. The Morgan fingerprint density at radius 1 is 1.19 bits per heavy atom. The van der Waals surface area contributed by atoms with Gasteiger partial charge in [0.1, 0.15) is 5.75 Å². The van der Waals surface area contributed by atoms with E-state index in [2.05, 4.69) is 0 Å². The molecule has 0 N–H and O–H groups in total. The summed E-state index contributed by atoms with van der Waals surface area (Å²) < 4.78 is 5.64. The summed E-state index contributed by atoms with van der Waals surface area (Å²) in [6.45, 7) is 2.30. The van der Waals surface area contributed by atoms with Gasteiger partial charge in [-0.1, -0.05) is 48.0 Å². The van der Waals surface area contributed by atoms with Crippen LogP contribution in [0.15, 0.2) is 54.6 Å². The van der Waals surface area contributed by atoms with E-state index in [-0.39, 0.29) is 5.91 Å². The van der Waals surface area contributed by atoms with Gasteiger partial charge < -0.3 is 9.64 Å². The van der Waals surface area contributed by atoms with Crippen molar-refractivity contribution in [2.24, 2.45) is 0 Å². The number of carbonyl (C=O) groups excluding carboxylic acids is 1. The number of likely N-dealkylation sites (N-methyl/N-ethyl adjacent to an activating group) is 1. The van der Waals surface area contributed by atoms with E-state index in [0.29, 0.717) is 17.3 Å². The van der Waals surface area contributed by atoms with Crippen LogP contribution in [-0.4, -0.2) is 24.0 Å². The molecular weight excluding hydrogens is 286 g/mol. The van der Waals surface area contributed by atoms with Gasteiger partial charge in [-0.3, -0.25) is 4.79 Å². The third-order valence-electron chi connectivity index (χ3n) is 3.10. The fraction of sp³-hybridized carbons (Fsp3) is 0.235. The topological polar surface area (TPSA) is 29.5 Å². The quantitative estimate of drug-likeness (QED) is 0.841. The van der Waals surface area contributed by atoms with Gasteiger partial charge in [0.25, 0.3) is 5.91 Å². The van der Waals surface area contributed by atoms with Crippen molar-refractivity contribution in [2.45, 2.75) is 19.6 Å². The largest absolute Gasteiger partial charge is 0.481 e. The van der Waals surface area contributed by atoms with Crippen molar-refractivity contribution >= 4 is 17.5 Å². The number of amides is 1. The van der Waals surface area contributed by atoms with Crippen molar-refractivity contribution in [1.29, 1.82) is 0 Å². The van der Waals surface area contributed by atoms with E-state index < -0.39 is 6.10 Å². The lowest BCUT2D eigenvalue weighted by Crippen LogP contribution is -2.37. The third kappa shape index (κ3) is 4.50. The van der Waals surface area contributed by atoms with Crippen LogP contribution >= 0.6 is 11.6 Å². The average Bonchev–Trinajstić information content (AvgIpc) is 2.47. The molecule has 1 unspecified atom stereocenters. The Hall–Kier alpha value is -2.00. The van der Waals surface area contributed by atoms with E-state index in [1.54, 1.807) is 43.1 Å². The number of hydrogen-bond donors (Lipinski definition) is 0. The molecule has 2 aromatic rings. The monoisotopic (exact) mass is 303 g/mol. The second-order valence-corrected chi connectivity index (χ2v) is 5.33. The maximum atomic E-state index is 12.3. The molecule has 0 spiro atoms. The molecule has 1 atom stereocenters. The molecular formula is C17H18ClNO2. The molecule has 0 aliphatic heterocycles. The molecule has 2 rings (SSSR count). The zero-order chi connectivity index (χ0) is 15.2. The average molecular weight is 304 g/mol. The van der Waals surface area contributed by atoms with Crippen LogP contribution in [-0.2, 0) is 11.3 Å². The molecule has 0 saturated carbocycles. The summed E-state index contributed by atoms with van der Waals surface area (Å²) >= 11 is 5.90. The predicted octanol–water partition coefficient (Wildman–Crippen LogP) is 3.77. The summed E-state index contributed by atoms with van der Waals surface area (Å²) in [5.41, 5.74) is 1.09. The van der Waals surface area contributed by atoms with Gasteiger partial charge in [-0.2, -0.15) is 0 Å². The first kappa shape index (κ1) is 15.4. The molecule has 0 aromatic heterocycles. The Bertz CT molecular complexity index is 601. The van der Waals surface area contributed by atoms with Gasteiger partial charge in [0, 0.05) is 18.6 Å². The standard InChI is InChI=1S/C17H18ClNO2/c1-13(21-16-10-6-9-15(18)11-16)17(20)19(2)12-14-7-4-3-5-8-14/h3-11,13H,12H2,1-2H3. The van der Waals surface area contributed by atoms with Crippen molar-refractivity contribution in [3.05, 3.63) is 65.2 Å². The van der Waals surface area contributed by atoms with E-state index in [0.717, 1.165) is 5.56 Å². The van der Waals surface area contributed by atoms with Gasteiger partial charge in [0.2, 0.25) is 0 Å². The van der Waals surface area contributed by atoms with Gasteiger partial charge in [0.05, 0.1) is 0 Å². The smallest absolute Gasteiger partial charge is 0.263 e. The summed E-state index contributed by atoms with van der Waals surface area (Å²) in [6, 6.07) is 16.9. The maximum Gasteiger partial charge on any atom is 0.263 e. The number of benzene rings is 2. The van der Waals surface area contributed by atoms with Crippen LogP contribution in [0.2, 0.25) is 5.02 Å². The second kappa shape index (κ2) is 7.14. The highest BCUT2D eigenvalue weighted by Crippen LogP contribution is 2.19. The van der Waals surface area contributed by atoms with Crippen LogP contribution in [0.25, 0.3) is 0 Å². The highest BCUT2D eigenvalue weighted by atomic mass is 35.5. The van der Waals surface area contributed by atoms with Crippen LogP contribution in [0, 0.1) is 0 Å². The molecule has 1 amide bonds. The van der Waals surface area contributed by atoms with Gasteiger partial charge in [-0.05, 0) is 30.7 Å². The maximum absolute atomic E-state index is 12.3. The SMILES string of the molecule is CC(Oc1cccc(Cl)c1)C(=O)N(C)Cc1ccccc1. The van der Waals surface area contributed by atoms with Gasteiger partial charge >= 0.3 is 0 Å². The number of nitrogens with zero attached hydrogens (tertiary/aromatic N) is 1. The molecule has 3 nitrogen and oxygen atoms in total. The number of ether oxygens (including phenoxy) is 1. The molecule has 0 bridgehead atoms. The molecule has 0 heterocycles. The number of carbonyl (C=O) groups is 1. The van der Waals surface area contributed by atoms with Crippen molar-refractivity contribution in [2.75, 3.05) is 7.05 Å². The Balaban J connectivity index is 1.95. The van der Waals surface area contributed by atoms with Crippen LogP contribution in [0.3, 0.4) is 0 Å². The van der Waals surface area contributed by atoms with E-state index >= 15 is 0 Å². The third-order valence-corrected chi connectivity index (χ3v) is 3.33. The molecule has 0 aliphatic carbocycles. The zero-order valence-corrected chi connectivity index (χ0v) is 12.9. The highest BCUT2D eigenvalue weighted by Gasteiger charge is 2.19. The fourth-order valence-electron chi connectivity index (χ4n) is 2.04. The van der Waals surface area contributed by atoms with E-state index in [9.17, 15) is 4.79 Å². The summed E-state index contributed by atoms with van der Waals surface area (Å²) in [5.74, 6) is 0.523. The minimum atomic E-state index is -0.558. The van der Waals surface area contributed by atoms with Gasteiger partial charge in [-0.25, -0.2) is 0 Å². The number of rotatable bonds is 5. The van der Waals surface area contributed by atoms with Crippen LogP contribution in [0.1, 0.15) is 12.5 Å². The molecule has 4 heteroatoms.